The number of piperazine rings is 1. The Morgan fingerprint density at radius 1 is 1.33 bits per heavy atom. The van der Waals surface area contributed by atoms with E-state index in [-0.39, 0.29) is 11.7 Å². The second-order valence-corrected chi connectivity index (χ2v) is 6.47. The van der Waals surface area contributed by atoms with Crippen LogP contribution in [0, 0.1) is 5.82 Å². The van der Waals surface area contributed by atoms with Crippen molar-refractivity contribution in [2.45, 2.75) is 12.7 Å². The van der Waals surface area contributed by atoms with Gasteiger partial charge in [-0.15, -0.1) is 11.8 Å². The van der Waals surface area contributed by atoms with Crippen molar-refractivity contribution in [1.82, 2.24) is 9.80 Å². The van der Waals surface area contributed by atoms with Gasteiger partial charge in [0, 0.05) is 37.0 Å². The van der Waals surface area contributed by atoms with Crippen LogP contribution in [-0.2, 0) is 10.5 Å². The molecule has 21 heavy (non-hydrogen) atoms. The van der Waals surface area contributed by atoms with E-state index in [4.69, 9.17) is 11.6 Å². The number of rotatable bonds is 5. The van der Waals surface area contributed by atoms with Crippen molar-refractivity contribution in [2.75, 3.05) is 38.5 Å². The van der Waals surface area contributed by atoms with Crippen molar-refractivity contribution in [3.05, 3.63) is 34.6 Å². The van der Waals surface area contributed by atoms with E-state index < -0.39 is 0 Å². The lowest BCUT2D eigenvalue weighted by Gasteiger charge is -2.34. The molecule has 0 bridgehead atoms. The lowest BCUT2D eigenvalue weighted by Crippen LogP contribution is -2.49. The van der Waals surface area contributed by atoms with Crippen molar-refractivity contribution in [2.24, 2.45) is 0 Å². The van der Waals surface area contributed by atoms with Crippen LogP contribution in [0.5, 0.6) is 0 Å². The quantitative estimate of drug-likeness (QED) is 0.829. The Bertz CT molecular complexity index is 493. The highest BCUT2D eigenvalue weighted by Gasteiger charge is 2.19. The normalized spacial score (nSPS) is 16.2. The third kappa shape index (κ3) is 4.87. The van der Waals surface area contributed by atoms with E-state index >= 15 is 0 Å². The molecule has 116 valence electrons. The summed E-state index contributed by atoms with van der Waals surface area (Å²) < 4.78 is 13.6. The molecule has 1 aromatic carbocycles. The van der Waals surface area contributed by atoms with Crippen LogP contribution in [0.2, 0.25) is 5.02 Å². The molecule has 0 radical (unpaired) electrons. The van der Waals surface area contributed by atoms with E-state index in [2.05, 4.69) is 11.8 Å². The second kappa shape index (κ2) is 8.01. The van der Waals surface area contributed by atoms with Crippen molar-refractivity contribution in [3.8, 4) is 0 Å². The number of hydrogen-bond donors (Lipinski definition) is 0. The summed E-state index contributed by atoms with van der Waals surface area (Å²) in [6.07, 6.45) is 0. The predicted octanol–water partition coefficient (Wildman–Crippen LogP) is 2.88. The van der Waals surface area contributed by atoms with Crippen LogP contribution in [0.1, 0.15) is 12.5 Å². The molecule has 0 atom stereocenters. The smallest absolute Gasteiger partial charge is 0.232 e. The molecule has 0 aliphatic carbocycles. The van der Waals surface area contributed by atoms with E-state index in [1.165, 1.54) is 17.8 Å². The minimum absolute atomic E-state index is 0.144. The first kappa shape index (κ1) is 16.6. The zero-order valence-electron chi connectivity index (χ0n) is 12.1. The van der Waals surface area contributed by atoms with Crippen LogP contribution < -0.4 is 0 Å². The van der Waals surface area contributed by atoms with Crippen molar-refractivity contribution in [1.29, 1.82) is 0 Å². The standard InChI is InChI=1S/C15H20ClFN2OS/c1-2-18-5-7-19(8-6-18)15(20)11-21-10-12-3-4-13(16)9-14(12)17/h3-4,9H,2,5-8,10-11H2,1H3. The fourth-order valence-electron chi connectivity index (χ4n) is 2.29. The summed E-state index contributed by atoms with van der Waals surface area (Å²) in [5, 5.41) is 0.395. The number of benzene rings is 1. The number of carbonyl (C=O) groups is 1. The summed E-state index contributed by atoms with van der Waals surface area (Å²) in [6, 6.07) is 4.66. The minimum Gasteiger partial charge on any atom is -0.339 e. The second-order valence-electron chi connectivity index (χ2n) is 5.04. The number of likely N-dealkylation sites (N-methyl/N-ethyl adjacent to an activating group) is 1. The van der Waals surface area contributed by atoms with Gasteiger partial charge in [0.1, 0.15) is 5.82 Å². The van der Waals surface area contributed by atoms with Crippen LogP contribution in [0.15, 0.2) is 18.2 Å². The van der Waals surface area contributed by atoms with Gasteiger partial charge in [0.25, 0.3) is 0 Å². The largest absolute Gasteiger partial charge is 0.339 e. The van der Waals surface area contributed by atoms with Gasteiger partial charge in [0.15, 0.2) is 0 Å². The van der Waals surface area contributed by atoms with Crippen LogP contribution in [-0.4, -0.2) is 54.2 Å². The van der Waals surface area contributed by atoms with Gasteiger partial charge in [-0.2, -0.15) is 0 Å². The Morgan fingerprint density at radius 3 is 2.67 bits per heavy atom. The monoisotopic (exact) mass is 330 g/mol. The van der Waals surface area contributed by atoms with Gasteiger partial charge in [-0.1, -0.05) is 24.6 Å². The number of hydrogen-bond acceptors (Lipinski definition) is 3. The molecule has 2 rings (SSSR count). The zero-order valence-corrected chi connectivity index (χ0v) is 13.7. The molecule has 1 aliphatic heterocycles. The molecule has 0 aromatic heterocycles. The molecule has 1 amide bonds. The first-order chi connectivity index (χ1) is 10.1. The molecule has 0 saturated carbocycles. The average molecular weight is 331 g/mol. The summed E-state index contributed by atoms with van der Waals surface area (Å²) in [4.78, 5) is 16.3. The SMILES string of the molecule is CCN1CCN(C(=O)CSCc2ccc(Cl)cc2F)CC1. The molecule has 0 N–H and O–H groups in total. The minimum atomic E-state index is -0.306. The Hall–Kier alpha value is -0.780. The zero-order chi connectivity index (χ0) is 15.2. The third-order valence-corrected chi connectivity index (χ3v) is 4.87. The van der Waals surface area contributed by atoms with Crippen molar-refractivity contribution in [3.63, 3.8) is 0 Å². The summed E-state index contributed by atoms with van der Waals surface area (Å²) >= 11 is 7.16. The summed E-state index contributed by atoms with van der Waals surface area (Å²) in [7, 11) is 0. The fourth-order valence-corrected chi connectivity index (χ4v) is 3.36. The van der Waals surface area contributed by atoms with Gasteiger partial charge in [-0.3, -0.25) is 4.79 Å². The first-order valence-corrected chi connectivity index (χ1v) is 8.65. The number of thioether (sulfide) groups is 1. The Morgan fingerprint density at radius 2 is 2.05 bits per heavy atom. The molecule has 0 unspecified atom stereocenters. The number of halogens is 2. The van der Waals surface area contributed by atoms with E-state index in [0.717, 1.165) is 32.7 Å². The van der Waals surface area contributed by atoms with E-state index in [9.17, 15) is 9.18 Å². The molecule has 1 aliphatic rings. The highest BCUT2D eigenvalue weighted by atomic mass is 35.5. The Balaban J connectivity index is 1.74. The third-order valence-electron chi connectivity index (χ3n) is 3.67. The molecule has 3 nitrogen and oxygen atoms in total. The summed E-state index contributed by atoms with van der Waals surface area (Å²) in [5.74, 6) is 0.724. The maximum absolute atomic E-state index is 13.6. The Labute approximate surface area is 134 Å². The predicted molar refractivity (Wildman–Crippen MR) is 86.3 cm³/mol. The van der Waals surface area contributed by atoms with Crippen LogP contribution >= 0.6 is 23.4 Å². The van der Waals surface area contributed by atoms with E-state index in [1.54, 1.807) is 12.1 Å². The molecule has 1 heterocycles. The fraction of sp³-hybridized carbons (Fsp3) is 0.533. The number of amides is 1. The molecular weight excluding hydrogens is 311 g/mol. The maximum Gasteiger partial charge on any atom is 0.232 e. The molecule has 1 saturated heterocycles. The van der Waals surface area contributed by atoms with Crippen LogP contribution in [0.3, 0.4) is 0 Å². The molecular formula is C15H20ClFN2OS. The lowest BCUT2D eigenvalue weighted by molar-refractivity contribution is -0.130. The van der Waals surface area contributed by atoms with E-state index in [0.29, 0.717) is 22.1 Å². The number of nitrogens with zero attached hydrogens (tertiary/aromatic N) is 2. The van der Waals surface area contributed by atoms with Crippen LogP contribution in [0.25, 0.3) is 0 Å². The van der Waals surface area contributed by atoms with Gasteiger partial charge >= 0.3 is 0 Å². The number of carbonyl (C=O) groups excluding carboxylic acids is 1. The Kier molecular flexibility index (Phi) is 6.33. The van der Waals surface area contributed by atoms with Crippen molar-refractivity contribution < 1.29 is 9.18 Å². The lowest BCUT2D eigenvalue weighted by atomic mass is 10.2. The molecule has 1 aromatic rings. The van der Waals surface area contributed by atoms with Gasteiger partial charge in [0.05, 0.1) is 5.75 Å². The van der Waals surface area contributed by atoms with Crippen LogP contribution in [0.4, 0.5) is 4.39 Å². The topological polar surface area (TPSA) is 23.6 Å². The maximum atomic E-state index is 13.6. The summed E-state index contributed by atoms with van der Waals surface area (Å²) in [5.41, 5.74) is 0.591. The van der Waals surface area contributed by atoms with Gasteiger partial charge < -0.3 is 9.80 Å². The molecule has 6 heteroatoms. The summed E-state index contributed by atoms with van der Waals surface area (Å²) in [6.45, 7) is 6.64. The highest BCUT2D eigenvalue weighted by molar-refractivity contribution is 7.99. The molecule has 0 spiro atoms. The first-order valence-electron chi connectivity index (χ1n) is 7.12. The van der Waals surface area contributed by atoms with Gasteiger partial charge in [0.2, 0.25) is 5.91 Å². The van der Waals surface area contributed by atoms with Gasteiger partial charge in [-0.25, -0.2) is 4.39 Å². The van der Waals surface area contributed by atoms with E-state index in [1.807, 2.05) is 4.90 Å². The highest BCUT2D eigenvalue weighted by Crippen LogP contribution is 2.19. The molecule has 1 fully saturated rings. The van der Waals surface area contributed by atoms with Crippen molar-refractivity contribution >= 4 is 29.3 Å². The average Bonchev–Trinajstić information content (AvgIpc) is 2.49. The van der Waals surface area contributed by atoms with Gasteiger partial charge in [-0.05, 0) is 24.2 Å².